The second-order valence-electron chi connectivity index (χ2n) is 2.92. The van der Waals surface area contributed by atoms with E-state index in [1.54, 1.807) is 6.07 Å². The summed E-state index contributed by atoms with van der Waals surface area (Å²) < 4.78 is 0. The van der Waals surface area contributed by atoms with Crippen LogP contribution in [-0.4, -0.2) is 21.3 Å². The number of hydrogen-bond donors (Lipinski definition) is 2. The molecule has 4 nitrogen and oxygen atoms in total. The summed E-state index contributed by atoms with van der Waals surface area (Å²) in [5.41, 5.74) is 0.326. The smallest absolute Gasteiger partial charge is 0.147 e. The van der Waals surface area contributed by atoms with Gasteiger partial charge in [-0.3, -0.25) is 0 Å². The van der Waals surface area contributed by atoms with Crippen LogP contribution in [0.4, 0.5) is 0 Å². The maximum Gasteiger partial charge on any atom is 0.147 e. The Hall–Kier alpha value is -0.860. The van der Waals surface area contributed by atoms with Gasteiger partial charge in [-0.1, -0.05) is 23.2 Å². The first-order chi connectivity index (χ1) is 7.06. The molecular weight excluding hydrogens is 239 g/mol. The first-order valence-electron chi connectivity index (χ1n) is 4.10. The quantitative estimate of drug-likeness (QED) is 0.797. The van der Waals surface area contributed by atoms with Gasteiger partial charge in [0.1, 0.15) is 11.3 Å². The van der Waals surface area contributed by atoms with Gasteiger partial charge in [0.25, 0.3) is 0 Å². The Balaban J connectivity index is 2.87. The lowest BCUT2D eigenvalue weighted by molar-refractivity contribution is 0.0214. The Kier molecular flexibility index (Phi) is 4.30. The normalized spacial score (nSPS) is 14.3. The highest BCUT2D eigenvalue weighted by Gasteiger charge is 2.19. The Morgan fingerprint density at radius 3 is 2.67 bits per heavy atom. The van der Waals surface area contributed by atoms with Crippen molar-refractivity contribution in [3.8, 4) is 6.07 Å². The molecule has 2 N–H and O–H groups in total. The minimum atomic E-state index is -1.19. The molecule has 1 rings (SSSR count). The molecule has 0 fully saturated rings. The van der Waals surface area contributed by atoms with E-state index in [9.17, 15) is 10.2 Å². The van der Waals surface area contributed by atoms with Crippen LogP contribution < -0.4 is 0 Å². The highest BCUT2D eigenvalue weighted by Crippen LogP contribution is 2.25. The van der Waals surface area contributed by atoms with E-state index in [2.05, 4.69) is 4.98 Å². The molecule has 1 aromatic heterocycles. The number of hydrogen-bond acceptors (Lipinski definition) is 4. The third-order valence-electron chi connectivity index (χ3n) is 1.82. The van der Waals surface area contributed by atoms with Crippen molar-refractivity contribution in [2.75, 3.05) is 0 Å². The van der Waals surface area contributed by atoms with Gasteiger partial charge in [0.05, 0.1) is 23.6 Å². The number of aliphatic hydroxyl groups excluding tert-OH is 2. The summed E-state index contributed by atoms with van der Waals surface area (Å²) in [7, 11) is 0. The molecular formula is C9H8Cl2N2O2. The van der Waals surface area contributed by atoms with Crippen LogP contribution in [0.3, 0.4) is 0 Å². The van der Waals surface area contributed by atoms with E-state index in [0.717, 1.165) is 0 Å². The minimum absolute atomic E-state index is 0.127. The van der Waals surface area contributed by atoms with Crippen molar-refractivity contribution in [2.45, 2.75) is 18.6 Å². The van der Waals surface area contributed by atoms with Crippen LogP contribution in [0, 0.1) is 11.3 Å². The summed E-state index contributed by atoms with van der Waals surface area (Å²) in [5, 5.41) is 27.6. The molecule has 6 heteroatoms. The Bertz CT molecular complexity index is 392. The van der Waals surface area contributed by atoms with Gasteiger partial charge in [0.15, 0.2) is 0 Å². The van der Waals surface area contributed by atoms with Crippen molar-refractivity contribution >= 4 is 23.2 Å². The molecule has 0 amide bonds. The summed E-state index contributed by atoms with van der Waals surface area (Å²) in [6.07, 6.45) is -1.21. The molecule has 0 radical (unpaired) electrons. The maximum absolute atomic E-state index is 9.59. The second-order valence-corrected chi connectivity index (χ2v) is 3.68. The van der Waals surface area contributed by atoms with Crippen LogP contribution in [0.15, 0.2) is 12.3 Å². The highest BCUT2D eigenvalue weighted by atomic mass is 35.5. The fraction of sp³-hybridized carbons (Fsp3) is 0.333. The minimum Gasteiger partial charge on any atom is -0.389 e. The van der Waals surface area contributed by atoms with E-state index in [4.69, 9.17) is 28.5 Å². The van der Waals surface area contributed by atoms with Crippen molar-refractivity contribution < 1.29 is 10.2 Å². The van der Waals surface area contributed by atoms with Crippen LogP contribution in [0.5, 0.6) is 0 Å². The maximum atomic E-state index is 9.59. The van der Waals surface area contributed by atoms with Gasteiger partial charge in [-0.05, 0) is 6.07 Å². The molecule has 2 atom stereocenters. The average Bonchev–Trinajstić information content (AvgIpc) is 2.21. The van der Waals surface area contributed by atoms with Gasteiger partial charge in [-0.25, -0.2) is 4.98 Å². The number of halogens is 2. The molecule has 2 unspecified atom stereocenters. The zero-order valence-electron chi connectivity index (χ0n) is 7.56. The van der Waals surface area contributed by atoms with E-state index in [-0.39, 0.29) is 16.6 Å². The Labute approximate surface area is 96.7 Å². The third-order valence-corrected chi connectivity index (χ3v) is 2.51. The van der Waals surface area contributed by atoms with Crippen molar-refractivity contribution in [1.82, 2.24) is 4.98 Å². The SMILES string of the molecule is N#CCC(O)C(O)c1cnc(Cl)c(Cl)c1. The molecule has 1 heterocycles. The van der Waals surface area contributed by atoms with E-state index >= 15 is 0 Å². The number of pyridine rings is 1. The van der Waals surface area contributed by atoms with Crippen molar-refractivity contribution in [2.24, 2.45) is 0 Å². The standard InChI is InChI=1S/C9H8Cl2N2O2/c10-6-3-5(4-13-9(6)11)8(15)7(14)1-2-12/h3-4,7-8,14-15H,1H2. The van der Waals surface area contributed by atoms with E-state index < -0.39 is 12.2 Å². The molecule has 15 heavy (non-hydrogen) atoms. The van der Waals surface area contributed by atoms with Crippen LogP contribution >= 0.6 is 23.2 Å². The number of aliphatic hydroxyl groups is 2. The molecule has 1 aromatic rings. The Morgan fingerprint density at radius 2 is 2.13 bits per heavy atom. The highest BCUT2D eigenvalue weighted by molar-refractivity contribution is 6.41. The molecule has 0 aliphatic heterocycles. The fourth-order valence-corrected chi connectivity index (χ4v) is 1.30. The van der Waals surface area contributed by atoms with Crippen LogP contribution in [0.25, 0.3) is 0 Å². The second kappa shape index (κ2) is 5.29. The molecule has 0 spiro atoms. The molecule has 80 valence electrons. The number of nitrogens with zero attached hydrogens (tertiary/aromatic N) is 2. The van der Waals surface area contributed by atoms with E-state index in [1.165, 1.54) is 12.3 Å². The average molecular weight is 247 g/mol. The monoisotopic (exact) mass is 246 g/mol. The van der Waals surface area contributed by atoms with Crippen LogP contribution in [0.1, 0.15) is 18.1 Å². The van der Waals surface area contributed by atoms with Gasteiger partial charge in [0, 0.05) is 11.8 Å². The summed E-state index contributed by atoms with van der Waals surface area (Å²) in [5.74, 6) is 0. The van der Waals surface area contributed by atoms with Crippen LogP contribution in [-0.2, 0) is 0 Å². The Morgan fingerprint density at radius 1 is 1.47 bits per heavy atom. The molecule has 0 bridgehead atoms. The zero-order chi connectivity index (χ0) is 11.4. The van der Waals surface area contributed by atoms with Gasteiger partial charge >= 0.3 is 0 Å². The zero-order valence-corrected chi connectivity index (χ0v) is 9.07. The molecule has 0 saturated heterocycles. The van der Waals surface area contributed by atoms with E-state index in [1.807, 2.05) is 0 Å². The molecule has 0 aromatic carbocycles. The van der Waals surface area contributed by atoms with Crippen molar-refractivity contribution in [1.29, 1.82) is 5.26 Å². The summed E-state index contributed by atoms with van der Waals surface area (Å²) in [6, 6.07) is 3.16. The van der Waals surface area contributed by atoms with Gasteiger partial charge in [-0.15, -0.1) is 0 Å². The number of nitriles is 1. The van der Waals surface area contributed by atoms with Gasteiger partial charge < -0.3 is 10.2 Å². The van der Waals surface area contributed by atoms with Gasteiger partial charge in [-0.2, -0.15) is 5.26 Å². The molecule has 0 saturated carbocycles. The summed E-state index contributed by atoms with van der Waals surface area (Å²) >= 11 is 11.3. The van der Waals surface area contributed by atoms with Crippen LogP contribution in [0.2, 0.25) is 10.2 Å². The lowest BCUT2D eigenvalue weighted by Crippen LogP contribution is -2.17. The number of rotatable bonds is 3. The first-order valence-corrected chi connectivity index (χ1v) is 4.86. The molecule has 0 aliphatic carbocycles. The summed E-state index contributed by atoms with van der Waals surface area (Å²) in [4.78, 5) is 3.72. The first kappa shape index (κ1) is 12.2. The predicted molar refractivity (Wildman–Crippen MR) is 55.5 cm³/mol. The van der Waals surface area contributed by atoms with Crippen molar-refractivity contribution in [3.63, 3.8) is 0 Å². The largest absolute Gasteiger partial charge is 0.389 e. The fourth-order valence-electron chi connectivity index (χ4n) is 1.03. The molecule has 0 aliphatic rings. The third kappa shape index (κ3) is 3.05. The predicted octanol–water partition coefficient (Wildman–Crippen LogP) is 1.70. The van der Waals surface area contributed by atoms with Crippen molar-refractivity contribution in [3.05, 3.63) is 28.0 Å². The lowest BCUT2D eigenvalue weighted by atomic mass is 10.0. The lowest BCUT2D eigenvalue weighted by Gasteiger charge is -2.15. The number of aromatic nitrogens is 1. The van der Waals surface area contributed by atoms with E-state index in [0.29, 0.717) is 5.56 Å². The summed E-state index contributed by atoms with van der Waals surface area (Å²) in [6.45, 7) is 0. The topological polar surface area (TPSA) is 77.1 Å². The van der Waals surface area contributed by atoms with Gasteiger partial charge in [0.2, 0.25) is 0 Å².